The van der Waals surface area contributed by atoms with E-state index in [1.807, 2.05) is 0 Å². The molecule has 2 saturated heterocycles. The van der Waals surface area contributed by atoms with Crippen LogP contribution in [0.1, 0.15) is 6.92 Å². The zero-order chi connectivity index (χ0) is 31.2. The SMILES string of the molecule is COc1cc(O)c2c(=O)c(O[C@@H]3O[C@H](CO)[C@@H](O)[C@H](O)[C@@H]3O[C@@H]3O[C@@H](C)[C@H](O)[C@@H](O)[C@@H]3O)c(-c3cccc(O)c3)oc2c1. The molecule has 2 aliphatic rings. The van der Waals surface area contributed by atoms with Gasteiger partial charge in [-0.1, -0.05) is 12.1 Å². The lowest BCUT2D eigenvalue weighted by Gasteiger charge is -2.45. The molecule has 2 fully saturated rings. The maximum absolute atomic E-state index is 13.8. The smallest absolute Gasteiger partial charge is 0.239 e. The van der Waals surface area contributed by atoms with Crippen molar-refractivity contribution in [3.05, 3.63) is 46.6 Å². The van der Waals surface area contributed by atoms with Gasteiger partial charge in [-0.15, -0.1) is 0 Å². The lowest BCUT2D eigenvalue weighted by atomic mass is 9.97. The lowest BCUT2D eigenvalue weighted by Crippen LogP contribution is -2.64. The van der Waals surface area contributed by atoms with Gasteiger partial charge in [0, 0.05) is 17.7 Å². The Hall–Kier alpha value is -3.51. The van der Waals surface area contributed by atoms with Crippen LogP contribution in [0, 0.1) is 0 Å². The summed E-state index contributed by atoms with van der Waals surface area (Å²) in [6.45, 7) is 0.611. The Kier molecular flexibility index (Phi) is 8.80. The number of phenols is 2. The van der Waals surface area contributed by atoms with Crippen LogP contribution in [0.5, 0.6) is 23.0 Å². The highest BCUT2D eigenvalue weighted by Gasteiger charge is 2.51. The molecule has 10 atom stereocenters. The van der Waals surface area contributed by atoms with Crippen molar-refractivity contribution in [1.29, 1.82) is 0 Å². The maximum atomic E-state index is 13.8. The summed E-state index contributed by atoms with van der Waals surface area (Å²) in [4.78, 5) is 13.8. The summed E-state index contributed by atoms with van der Waals surface area (Å²) in [6, 6.07) is 8.11. The Labute approximate surface area is 243 Å². The number of methoxy groups -OCH3 is 1. The molecule has 15 heteroatoms. The molecule has 0 aliphatic carbocycles. The number of fused-ring (bicyclic) bond motifs is 1. The van der Waals surface area contributed by atoms with Gasteiger partial charge in [0.25, 0.3) is 0 Å². The van der Waals surface area contributed by atoms with E-state index in [1.165, 1.54) is 50.4 Å². The maximum Gasteiger partial charge on any atom is 0.239 e. The second kappa shape index (κ2) is 12.2. The van der Waals surface area contributed by atoms with Crippen LogP contribution in [0.3, 0.4) is 0 Å². The molecule has 1 aromatic heterocycles. The first-order chi connectivity index (χ1) is 20.4. The first kappa shape index (κ1) is 30.9. The van der Waals surface area contributed by atoms with Crippen LogP contribution in [0.2, 0.25) is 0 Å². The summed E-state index contributed by atoms with van der Waals surface area (Å²) in [6.07, 6.45) is -16.2. The first-order valence-corrected chi connectivity index (χ1v) is 13.3. The number of benzene rings is 2. The van der Waals surface area contributed by atoms with Crippen LogP contribution in [-0.4, -0.2) is 116 Å². The van der Waals surface area contributed by atoms with Crippen molar-refractivity contribution in [2.24, 2.45) is 0 Å². The minimum absolute atomic E-state index is 0.103. The van der Waals surface area contributed by atoms with Crippen LogP contribution >= 0.6 is 0 Å². The fraction of sp³-hybridized carbons (Fsp3) is 0.464. The average Bonchev–Trinajstić information content (AvgIpc) is 2.98. The number of hydrogen-bond acceptors (Lipinski definition) is 15. The Bertz CT molecular complexity index is 1510. The molecule has 234 valence electrons. The van der Waals surface area contributed by atoms with Crippen molar-refractivity contribution in [3.63, 3.8) is 0 Å². The van der Waals surface area contributed by atoms with Crippen LogP contribution in [0.4, 0.5) is 0 Å². The summed E-state index contributed by atoms with van der Waals surface area (Å²) in [5.74, 6) is -1.36. The van der Waals surface area contributed by atoms with Crippen molar-refractivity contribution in [3.8, 4) is 34.3 Å². The molecule has 0 bridgehead atoms. The fourth-order valence-electron chi connectivity index (χ4n) is 5.01. The minimum atomic E-state index is -1.86. The number of aromatic hydroxyl groups is 2. The molecule has 3 heterocycles. The number of aliphatic hydroxyl groups excluding tert-OH is 6. The van der Waals surface area contributed by atoms with E-state index in [4.69, 9.17) is 28.1 Å². The van der Waals surface area contributed by atoms with Crippen molar-refractivity contribution in [1.82, 2.24) is 0 Å². The Morgan fingerprint density at radius 2 is 1.63 bits per heavy atom. The van der Waals surface area contributed by atoms with E-state index in [1.54, 1.807) is 0 Å². The van der Waals surface area contributed by atoms with Gasteiger partial charge in [0.2, 0.25) is 17.5 Å². The van der Waals surface area contributed by atoms with Gasteiger partial charge in [0.05, 0.1) is 19.8 Å². The molecule has 3 aromatic rings. The predicted molar refractivity (Wildman–Crippen MR) is 143 cm³/mol. The monoisotopic (exact) mass is 608 g/mol. The Morgan fingerprint density at radius 1 is 0.884 bits per heavy atom. The molecule has 2 aliphatic heterocycles. The molecular weight excluding hydrogens is 576 g/mol. The fourth-order valence-corrected chi connectivity index (χ4v) is 5.01. The Morgan fingerprint density at radius 3 is 2.30 bits per heavy atom. The van der Waals surface area contributed by atoms with E-state index in [0.29, 0.717) is 0 Å². The van der Waals surface area contributed by atoms with Gasteiger partial charge in [-0.25, -0.2) is 0 Å². The van der Waals surface area contributed by atoms with Gasteiger partial charge in [-0.2, -0.15) is 0 Å². The number of phenolic OH excluding ortho intramolecular Hbond substituents is 2. The topological polar surface area (TPSA) is 238 Å². The summed E-state index contributed by atoms with van der Waals surface area (Å²) in [5, 5.41) is 82.5. The number of ether oxygens (including phenoxy) is 5. The van der Waals surface area contributed by atoms with Gasteiger partial charge in [0.15, 0.2) is 18.2 Å². The van der Waals surface area contributed by atoms with Crippen LogP contribution in [0.15, 0.2) is 45.6 Å². The van der Waals surface area contributed by atoms with E-state index >= 15 is 0 Å². The highest BCUT2D eigenvalue weighted by atomic mass is 16.8. The second-order valence-electron chi connectivity index (χ2n) is 10.3. The normalized spacial score (nSPS) is 32.9. The van der Waals surface area contributed by atoms with Gasteiger partial charge in [0.1, 0.15) is 64.8 Å². The molecule has 5 rings (SSSR count). The third-order valence-corrected chi connectivity index (χ3v) is 7.41. The van der Waals surface area contributed by atoms with Gasteiger partial charge in [-0.05, 0) is 19.1 Å². The first-order valence-electron chi connectivity index (χ1n) is 13.3. The van der Waals surface area contributed by atoms with Crippen LogP contribution in [0.25, 0.3) is 22.3 Å². The molecule has 8 N–H and O–H groups in total. The lowest BCUT2D eigenvalue weighted by molar-refractivity contribution is -0.354. The van der Waals surface area contributed by atoms with E-state index in [2.05, 4.69) is 0 Å². The zero-order valence-electron chi connectivity index (χ0n) is 22.9. The zero-order valence-corrected chi connectivity index (χ0v) is 22.9. The second-order valence-corrected chi connectivity index (χ2v) is 10.3. The standard InChI is InChI=1S/C28H32O15/c1-10-18(32)21(35)23(37)27(39-10)43-26-22(36)19(33)16(9-29)41-28(26)42-25-20(34)17-14(31)7-13(38-2)8-15(17)40-24(25)11-4-3-5-12(30)6-11/h3-8,10,16,18-19,21-23,26-33,35-37H,9H2,1-2H3/t10-,16+,18-,19+,21+,22-,23-,26-,27-,28-/m0/s1. The van der Waals surface area contributed by atoms with Crippen LogP contribution in [-0.2, 0) is 14.2 Å². The summed E-state index contributed by atoms with van der Waals surface area (Å²) < 4.78 is 33.9. The molecular formula is C28H32O15. The Balaban J connectivity index is 1.61. The van der Waals surface area contributed by atoms with E-state index in [9.17, 15) is 45.6 Å². The van der Waals surface area contributed by atoms with Crippen LogP contribution < -0.4 is 14.9 Å². The van der Waals surface area contributed by atoms with E-state index in [-0.39, 0.29) is 33.8 Å². The summed E-state index contributed by atoms with van der Waals surface area (Å²) in [5.41, 5.74) is -0.862. The van der Waals surface area contributed by atoms with Crippen molar-refractivity contribution < 1.29 is 69.0 Å². The number of rotatable bonds is 7. The van der Waals surface area contributed by atoms with Crippen molar-refractivity contribution >= 4 is 11.0 Å². The molecule has 0 saturated carbocycles. The molecule has 0 amide bonds. The van der Waals surface area contributed by atoms with E-state index < -0.39 is 84.9 Å². The molecule has 0 spiro atoms. The highest BCUT2D eigenvalue weighted by Crippen LogP contribution is 2.38. The molecule has 0 radical (unpaired) electrons. The van der Waals surface area contributed by atoms with Gasteiger partial charge < -0.3 is 69.0 Å². The molecule has 0 unspecified atom stereocenters. The minimum Gasteiger partial charge on any atom is -0.508 e. The molecule has 15 nitrogen and oxygen atoms in total. The third-order valence-electron chi connectivity index (χ3n) is 7.41. The quantitative estimate of drug-likeness (QED) is 0.159. The largest absolute Gasteiger partial charge is 0.508 e. The van der Waals surface area contributed by atoms with Gasteiger partial charge in [-0.3, -0.25) is 4.79 Å². The molecule has 2 aromatic carbocycles. The number of hydrogen-bond donors (Lipinski definition) is 8. The number of aliphatic hydroxyl groups is 6. The third kappa shape index (κ3) is 5.74. The predicted octanol–water partition coefficient (Wildman–Crippen LogP) is -1.09. The van der Waals surface area contributed by atoms with E-state index in [0.717, 1.165) is 0 Å². The molecule has 43 heavy (non-hydrogen) atoms. The average molecular weight is 609 g/mol. The summed E-state index contributed by atoms with van der Waals surface area (Å²) >= 11 is 0. The van der Waals surface area contributed by atoms with Gasteiger partial charge >= 0.3 is 0 Å². The van der Waals surface area contributed by atoms with Crippen molar-refractivity contribution in [2.75, 3.05) is 13.7 Å². The summed E-state index contributed by atoms with van der Waals surface area (Å²) in [7, 11) is 1.34. The highest BCUT2D eigenvalue weighted by molar-refractivity contribution is 5.88. The van der Waals surface area contributed by atoms with Crippen molar-refractivity contribution in [2.45, 2.75) is 68.3 Å².